The monoisotopic (exact) mass is 320 g/mol. The molecule has 114 valence electrons. The predicted molar refractivity (Wildman–Crippen MR) is 93.8 cm³/mol. The van der Waals surface area contributed by atoms with Gasteiger partial charge in [0.05, 0.1) is 5.56 Å². The molecule has 0 saturated carbocycles. The second-order valence-electron chi connectivity index (χ2n) is 7.17. The number of carbonyl (C=O) groups excluding carboxylic acids is 1. The molecule has 0 bridgehead atoms. The topological polar surface area (TPSA) is 26.3 Å². The summed E-state index contributed by atoms with van der Waals surface area (Å²) < 4.78 is 5.45. The van der Waals surface area contributed by atoms with Gasteiger partial charge in [-0.25, -0.2) is 4.79 Å². The number of hydrogen-bond acceptors (Lipinski definition) is 3. The van der Waals surface area contributed by atoms with Gasteiger partial charge in [-0.2, -0.15) is 0 Å². The molecule has 0 N–H and O–H groups in total. The van der Waals surface area contributed by atoms with Crippen molar-refractivity contribution in [3.8, 4) is 11.5 Å². The van der Waals surface area contributed by atoms with Crippen molar-refractivity contribution in [1.82, 2.24) is 0 Å². The summed E-state index contributed by atoms with van der Waals surface area (Å²) in [6, 6.07) is 3.64. The fourth-order valence-corrected chi connectivity index (χ4v) is 2.40. The zero-order chi connectivity index (χ0) is 16.4. The predicted octanol–water partition coefficient (Wildman–Crippen LogP) is 4.47. The van der Waals surface area contributed by atoms with Crippen LogP contribution in [0.4, 0.5) is 0 Å². The molecule has 0 saturated heterocycles. The SMILES string of the molecule is Cc1c(C#C[Si](C)(C)C)cc(S)cc1C(=O)OC(C)(C)C. The average Bonchev–Trinajstić information content (AvgIpc) is 2.26. The summed E-state index contributed by atoms with van der Waals surface area (Å²) in [6.07, 6.45) is 0. The minimum absolute atomic E-state index is 0.327. The molecule has 0 heterocycles. The summed E-state index contributed by atoms with van der Waals surface area (Å²) in [5.41, 5.74) is 5.06. The van der Waals surface area contributed by atoms with Crippen molar-refractivity contribution in [2.45, 2.75) is 57.8 Å². The molecule has 1 aromatic rings. The van der Waals surface area contributed by atoms with Crippen LogP contribution in [-0.4, -0.2) is 19.6 Å². The van der Waals surface area contributed by atoms with E-state index in [2.05, 4.69) is 43.7 Å². The Kier molecular flexibility index (Phi) is 5.35. The molecule has 0 aliphatic heterocycles. The normalized spacial score (nSPS) is 11.6. The highest BCUT2D eigenvalue weighted by atomic mass is 32.1. The van der Waals surface area contributed by atoms with Gasteiger partial charge < -0.3 is 4.74 Å². The summed E-state index contributed by atoms with van der Waals surface area (Å²) in [7, 11) is -1.47. The van der Waals surface area contributed by atoms with Gasteiger partial charge in [-0.1, -0.05) is 25.6 Å². The van der Waals surface area contributed by atoms with Crippen LogP contribution in [0.25, 0.3) is 0 Å². The second kappa shape index (κ2) is 6.29. The van der Waals surface area contributed by atoms with Crippen LogP contribution >= 0.6 is 12.6 Å². The lowest BCUT2D eigenvalue weighted by molar-refractivity contribution is 0.00684. The fourth-order valence-electron chi connectivity index (χ4n) is 1.63. The maximum atomic E-state index is 12.3. The number of hydrogen-bond donors (Lipinski definition) is 1. The first kappa shape index (κ1) is 17.9. The first-order valence-corrected chi connectivity index (χ1v) is 10.9. The van der Waals surface area contributed by atoms with Crippen LogP contribution in [-0.2, 0) is 4.74 Å². The zero-order valence-electron chi connectivity index (χ0n) is 13.9. The standard InChI is InChI=1S/C17H24O2SSi/c1-12-13(8-9-21(5,6)7)10-14(20)11-15(12)16(18)19-17(2,3)4/h10-11,20H,1-7H3. The fraction of sp³-hybridized carbons (Fsp3) is 0.471. The third-order valence-electron chi connectivity index (χ3n) is 2.58. The van der Waals surface area contributed by atoms with Crippen LogP contribution in [0, 0.1) is 18.4 Å². The molecular formula is C17H24O2SSi. The van der Waals surface area contributed by atoms with Crippen LogP contribution in [0.1, 0.15) is 42.3 Å². The van der Waals surface area contributed by atoms with E-state index in [1.807, 2.05) is 33.8 Å². The van der Waals surface area contributed by atoms with Crippen molar-refractivity contribution in [1.29, 1.82) is 0 Å². The Morgan fingerprint density at radius 1 is 1.24 bits per heavy atom. The number of carbonyl (C=O) groups is 1. The Morgan fingerprint density at radius 2 is 1.81 bits per heavy atom. The zero-order valence-corrected chi connectivity index (χ0v) is 15.8. The molecule has 0 unspecified atom stereocenters. The molecule has 0 atom stereocenters. The van der Waals surface area contributed by atoms with Gasteiger partial charge in [0, 0.05) is 10.5 Å². The Bertz CT molecular complexity index is 611. The Hall–Kier alpha value is -1.18. The lowest BCUT2D eigenvalue weighted by Crippen LogP contribution is -2.24. The van der Waals surface area contributed by atoms with Crippen molar-refractivity contribution < 1.29 is 9.53 Å². The highest BCUT2D eigenvalue weighted by Gasteiger charge is 2.20. The Balaban J connectivity index is 3.27. The minimum atomic E-state index is -1.47. The molecule has 2 nitrogen and oxygen atoms in total. The number of ether oxygens (including phenoxy) is 1. The van der Waals surface area contributed by atoms with Crippen molar-refractivity contribution >= 4 is 26.7 Å². The van der Waals surface area contributed by atoms with Crippen molar-refractivity contribution in [2.24, 2.45) is 0 Å². The minimum Gasteiger partial charge on any atom is -0.456 e. The third-order valence-corrected chi connectivity index (χ3v) is 3.72. The quantitative estimate of drug-likeness (QED) is 0.358. The summed E-state index contributed by atoms with van der Waals surface area (Å²) in [5, 5.41) is 0. The van der Waals surface area contributed by atoms with Gasteiger partial charge in [-0.3, -0.25) is 0 Å². The molecule has 0 aromatic heterocycles. The maximum absolute atomic E-state index is 12.3. The molecule has 4 heteroatoms. The number of esters is 1. The first-order chi connectivity index (χ1) is 9.39. The van der Waals surface area contributed by atoms with E-state index in [9.17, 15) is 4.79 Å². The smallest absolute Gasteiger partial charge is 0.338 e. The van der Waals surface area contributed by atoms with Crippen molar-refractivity contribution in [3.05, 3.63) is 28.8 Å². The van der Waals surface area contributed by atoms with Gasteiger partial charge in [-0.15, -0.1) is 18.2 Å². The molecule has 1 aromatic carbocycles. The lowest BCUT2D eigenvalue weighted by atomic mass is 10.0. The molecule has 1 rings (SSSR count). The van der Waals surface area contributed by atoms with Crippen LogP contribution in [0.3, 0.4) is 0 Å². The summed E-state index contributed by atoms with van der Waals surface area (Å²) in [6.45, 7) is 14.0. The Labute approximate surface area is 134 Å². The molecule has 0 radical (unpaired) electrons. The van der Waals surface area contributed by atoms with E-state index in [1.165, 1.54) is 0 Å². The number of thiol groups is 1. The molecule has 0 spiro atoms. The molecule has 21 heavy (non-hydrogen) atoms. The van der Waals surface area contributed by atoms with Crippen LogP contribution in [0.15, 0.2) is 17.0 Å². The van der Waals surface area contributed by atoms with Gasteiger partial charge in [0.1, 0.15) is 13.7 Å². The molecular weight excluding hydrogens is 296 g/mol. The van der Waals surface area contributed by atoms with Gasteiger partial charge in [0.25, 0.3) is 0 Å². The summed E-state index contributed by atoms with van der Waals surface area (Å²) in [4.78, 5) is 13.0. The first-order valence-electron chi connectivity index (χ1n) is 6.99. The van der Waals surface area contributed by atoms with Gasteiger partial charge in [0.15, 0.2) is 0 Å². The van der Waals surface area contributed by atoms with Crippen LogP contribution < -0.4 is 0 Å². The van der Waals surface area contributed by atoms with E-state index in [0.717, 1.165) is 16.0 Å². The maximum Gasteiger partial charge on any atom is 0.338 e. The van der Waals surface area contributed by atoms with E-state index in [0.29, 0.717) is 5.56 Å². The van der Waals surface area contributed by atoms with Crippen molar-refractivity contribution in [3.63, 3.8) is 0 Å². The van der Waals surface area contributed by atoms with E-state index >= 15 is 0 Å². The van der Waals surface area contributed by atoms with Crippen LogP contribution in [0.2, 0.25) is 19.6 Å². The highest BCUT2D eigenvalue weighted by Crippen LogP contribution is 2.22. The van der Waals surface area contributed by atoms with Gasteiger partial charge in [-0.05, 0) is 45.4 Å². The van der Waals surface area contributed by atoms with E-state index in [4.69, 9.17) is 4.74 Å². The largest absolute Gasteiger partial charge is 0.456 e. The van der Waals surface area contributed by atoms with E-state index in [-0.39, 0.29) is 5.97 Å². The molecule has 0 aliphatic rings. The molecule has 0 amide bonds. The summed E-state index contributed by atoms with van der Waals surface area (Å²) in [5.74, 6) is 2.88. The van der Waals surface area contributed by atoms with Crippen LogP contribution in [0.5, 0.6) is 0 Å². The third kappa shape index (κ3) is 5.99. The second-order valence-corrected chi connectivity index (χ2v) is 12.4. The van der Waals surface area contributed by atoms with E-state index < -0.39 is 13.7 Å². The van der Waals surface area contributed by atoms with E-state index in [1.54, 1.807) is 6.07 Å². The number of rotatable bonds is 1. The van der Waals surface area contributed by atoms with Gasteiger partial charge >= 0.3 is 5.97 Å². The lowest BCUT2D eigenvalue weighted by Gasteiger charge is -2.20. The van der Waals surface area contributed by atoms with Crippen molar-refractivity contribution in [2.75, 3.05) is 0 Å². The average molecular weight is 321 g/mol. The highest BCUT2D eigenvalue weighted by molar-refractivity contribution is 7.80. The Morgan fingerprint density at radius 3 is 2.29 bits per heavy atom. The number of benzene rings is 1. The molecule has 0 aliphatic carbocycles. The van der Waals surface area contributed by atoms with Gasteiger partial charge in [0.2, 0.25) is 0 Å². The molecule has 0 fully saturated rings. The summed E-state index contributed by atoms with van der Waals surface area (Å²) >= 11 is 4.38.